The molecule has 1 atom stereocenters. The number of hydrogen-bond acceptors (Lipinski definition) is 3. The van der Waals surface area contributed by atoms with Gasteiger partial charge < -0.3 is 5.32 Å². The normalized spacial score (nSPS) is 13.1. The van der Waals surface area contributed by atoms with Crippen LogP contribution in [0.5, 0.6) is 0 Å². The Morgan fingerprint density at radius 1 is 1.07 bits per heavy atom. The molecule has 0 saturated heterocycles. The van der Waals surface area contributed by atoms with E-state index >= 15 is 0 Å². The van der Waals surface area contributed by atoms with E-state index in [4.69, 9.17) is 0 Å². The third-order valence-corrected chi connectivity index (χ3v) is 6.10. The van der Waals surface area contributed by atoms with Crippen molar-refractivity contribution in [2.75, 3.05) is 17.1 Å². The van der Waals surface area contributed by atoms with Crippen LogP contribution in [0.2, 0.25) is 0 Å². The van der Waals surface area contributed by atoms with Crippen molar-refractivity contribution in [1.29, 1.82) is 0 Å². The number of rotatable bonds is 6. The van der Waals surface area contributed by atoms with E-state index in [1.165, 1.54) is 9.87 Å². The van der Waals surface area contributed by atoms with Crippen LogP contribution in [0.4, 0.5) is 5.69 Å². The lowest BCUT2D eigenvalue weighted by Gasteiger charge is -2.25. The molecule has 2 aromatic carbocycles. The maximum atomic E-state index is 12.7. The van der Waals surface area contributed by atoms with Crippen molar-refractivity contribution in [3.8, 4) is 0 Å². The van der Waals surface area contributed by atoms with Gasteiger partial charge in [0, 0.05) is 0 Å². The van der Waals surface area contributed by atoms with Gasteiger partial charge in [-0.25, -0.2) is 8.42 Å². The summed E-state index contributed by atoms with van der Waals surface area (Å²) in [4.78, 5) is 12.7. The van der Waals surface area contributed by atoms with Crippen molar-refractivity contribution >= 4 is 21.6 Å². The van der Waals surface area contributed by atoms with Crippen molar-refractivity contribution in [2.24, 2.45) is 0 Å². The minimum absolute atomic E-state index is 0.0622. The second-order valence-corrected chi connectivity index (χ2v) is 10.6. The summed E-state index contributed by atoms with van der Waals surface area (Å²) in [5, 5.41) is 2.92. The molecule has 6 heteroatoms. The van der Waals surface area contributed by atoms with E-state index in [1.807, 2.05) is 45.0 Å². The van der Waals surface area contributed by atoms with E-state index in [0.29, 0.717) is 5.69 Å². The Hall–Kier alpha value is -2.34. The molecule has 0 unspecified atom stereocenters. The van der Waals surface area contributed by atoms with Gasteiger partial charge in [0.05, 0.1) is 18.0 Å². The highest BCUT2D eigenvalue weighted by Crippen LogP contribution is 2.25. The van der Waals surface area contributed by atoms with Gasteiger partial charge in [0.25, 0.3) is 0 Å². The molecule has 0 aliphatic heterocycles. The van der Waals surface area contributed by atoms with Crippen LogP contribution in [0.1, 0.15) is 56.0 Å². The lowest BCUT2D eigenvalue weighted by Crippen LogP contribution is -2.41. The molecular formula is C23H32N2O3S. The van der Waals surface area contributed by atoms with Crippen LogP contribution < -0.4 is 9.62 Å². The van der Waals surface area contributed by atoms with E-state index in [-0.39, 0.29) is 23.9 Å². The lowest BCUT2D eigenvalue weighted by molar-refractivity contribution is -0.120. The number of carbonyl (C=O) groups excluding carboxylic acids is 1. The predicted molar refractivity (Wildman–Crippen MR) is 120 cm³/mol. The maximum Gasteiger partial charge on any atom is 0.241 e. The zero-order valence-electron chi connectivity index (χ0n) is 18.4. The quantitative estimate of drug-likeness (QED) is 0.766. The first-order chi connectivity index (χ1) is 13.3. The molecule has 0 spiro atoms. The predicted octanol–water partition coefficient (Wildman–Crippen LogP) is 4.24. The summed E-state index contributed by atoms with van der Waals surface area (Å²) in [5.74, 6) is -0.344. The fourth-order valence-corrected chi connectivity index (χ4v) is 4.05. The minimum Gasteiger partial charge on any atom is -0.348 e. The average molecular weight is 417 g/mol. The van der Waals surface area contributed by atoms with Crippen LogP contribution in [0.15, 0.2) is 42.5 Å². The van der Waals surface area contributed by atoms with E-state index < -0.39 is 10.0 Å². The molecule has 0 heterocycles. The highest BCUT2D eigenvalue weighted by molar-refractivity contribution is 7.92. The number of amides is 1. The van der Waals surface area contributed by atoms with Crippen molar-refractivity contribution in [3.63, 3.8) is 0 Å². The Bertz CT molecular complexity index is 974. The molecule has 0 bridgehead atoms. The van der Waals surface area contributed by atoms with Crippen LogP contribution in [-0.2, 0) is 20.2 Å². The summed E-state index contributed by atoms with van der Waals surface area (Å²) in [6, 6.07) is 13.5. The summed E-state index contributed by atoms with van der Waals surface area (Å²) in [6.45, 7) is 11.8. The average Bonchev–Trinajstić information content (AvgIpc) is 2.60. The van der Waals surface area contributed by atoms with Crippen molar-refractivity contribution < 1.29 is 13.2 Å². The summed E-state index contributed by atoms with van der Waals surface area (Å²) in [6.07, 6.45) is 1.12. The molecule has 0 aromatic heterocycles. The molecule has 0 aliphatic rings. The van der Waals surface area contributed by atoms with E-state index in [2.05, 4.69) is 38.2 Å². The summed E-state index contributed by atoms with van der Waals surface area (Å²) >= 11 is 0. The largest absolute Gasteiger partial charge is 0.348 e. The molecule has 29 heavy (non-hydrogen) atoms. The zero-order chi connectivity index (χ0) is 22.0. The molecule has 1 amide bonds. The molecular weight excluding hydrogens is 384 g/mol. The Morgan fingerprint density at radius 3 is 2.17 bits per heavy atom. The maximum absolute atomic E-state index is 12.7. The number of aryl methyl sites for hydroxylation is 2. The van der Waals surface area contributed by atoms with Gasteiger partial charge in [-0.2, -0.15) is 0 Å². The number of nitrogens with zero attached hydrogens (tertiary/aromatic N) is 1. The molecule has 2 rings (SSSR count). The molecule has 0 fully saturated rings. The number of carbonyl (C=O) groups is 1. The molecule has 0 radical (unpaired) electrons. The number of sulfonamides is 1. The highest BCUT2D eigenvalue weighted by atomic mass is 32.2. The monoisotopic (exact) mass is 416 g/mol. The van der Waals surface area contributed by atoms with Crippen molar-refractivity contribution in [3.05, 3.63) is 64.7 Å². The van der Waals surface area contributed by atoms with Gasteiger partial charge in [-0.3, -0.25) is 9.10 Å². The standard InChI is InChI=1S/C23H32N2O3S/c1-16-8-9-17(2)21(14-16)25(29(7,27)28)15-22(26)24-18(3)19-10-12-20(13-11-19)23(4,5)6/h8-14,18H,15H2,1-7H3,(H,24,26)/t18-/m1/s1. The molecule has 0 aliphatic carbocycles. The van der Waals surface area contributed by atoms with Crippen LogP contribution in [0.25, 0.3) is 0 Å². The topological polar surface area (TPSA) is 66.5 Å². The lowest BCUT2D eigenvalue weighted by atomic mass is 9.86. The van der Waals surface area contributed by atoms with Gasteiger partial charge in [0.15, 0.2) is 0 Å². The molecule has 5 nitrogen and oxygen atoms in total. The van der Waals surface area contributed by atoms with Crippen molar-refractivity contribution in [1.82, 2.24) is 5.32 Å². The third-order valence-electron chi connectivity index (χ3n) is 4.98. The minimum atomic E-state index is -3.60. The Kier molecular flexibility index (Phi) is 6.78. The fourth-order valence-electron chi connectivity index (χ4n) is 3.14. The summed E-state index contributed by atoms with van der Waals surface area (Å²) in [5.41, 5.74) is 4.53. The molecule has 1 N–H and O–H groups in total. The van der Waals surface area contributed by atoms with Crippen LogP contribution in [0.3, 0.4) is 0 Å². The van der Waals surface area contributed by atoms with Gasteiger partial charge in [0.2, 0.25) is 15.9 Å². The summed E-state index contributed by atoms with van der Waals surface area (Å²) in [7, 11) is -3.60. The van der Waals surface area contributed by atoms with Gasteiger partial charge in [-0.1, -0.05) is 57.2 Å². The number of benzene rings is 2. The van der Waals surface area contributed by atoms with E-state index in [0.717, 1.165) is 22.9 Å². The second-order valence-electron chi connectivity index (χ2n) is 8.72. The molecule has 2 aromatic rings. The fraction of sp³-hybridized carbons (Fsp3) is 0.435. The first-order valence-electron chi connectivity index (χ1n) is 9.74. The van der Waals surface area contributed by atoms with E-state index in [1.54, 1.807) is 6.07 Å². The Labute approximate surface area is 175 Å². The van der Waals surface area contributed by atoms with Gasteiger partial charge >= 0.3 is 0 Å². The smallest absolute Gasteiger partial charge is 0.241 e. The number of hydrogen-bond donors (Lipinski definition) is 1. The van der Waals surface area contributed by atoms with Gasteiger partial charge in [0.1, 0.15) is 6.54 Å². The van der Waals surface area contributed by atoms with Crippen LogP contribution >= 0.6 is 0 Å². The van der Waals surface area contributed by atoms with Gasteiger partial charge in [-0.15, -0.1) is 0 Å². The Morgan fingerprint density at radius 2 is 1.66 bits per heavy atom. The zero-order valence-corrected chi connectivity index (χ0v) is 19.2. The highest BCUT2D eigenvalue weighted by Gasteiger charge is 2.23. The van der Waals surface area contributed by atoms with Gasteiger partial charge in [-0.05, 0) is 54.5 Å². The van der Waals surface area contributed by atoms with Crippen LogP contribution in [-0.4, -0.2) is 27.1 Å². The number of anilines is 1. The molecule has 158 valence electrons. The van der Waals surface area contributed by atoms with Crippen molar-refractivity contribution in [2.45, 2.75) is 53.0 Å². The second kappa shape index (κ2) is 8.57. The first-order valence-corrected chi connectivity index (χ1v) is 11.6. The first kappa shape index (κ1) is 22.9. The molecule has 0 saturated carbocycles. The third kappa shape index (κ3) is 6.07. The van der Waals surface area contributed by atoms with E-state index in [9.17, 15) is 13.2 Å². The SMILES string of the molecule is Cc1ccc(C)c(N(CC(=O)N[C@H](C)c2ccc(C(C)(C)C)cc2)S(C)(=O)=O)c1. The summed E-state index contributed by atoms with van der Waals surface area (Å²) < 4.78 is 25.9. The Balaban J connectivity index is 2.17. The van der Waals surface area contributed by atoms with Crippen LogP contribution in [0, 0.1) is 13.8 Å². The number of nitrogens with one attached hydrogen (secondary N) is 1.